The van der Waals surface area contributed by atoms with Crippen LogP contribution in [-0.4, -0.2) is 52.4 Å². The smallest absolute Gasteiger partial charge is 0.268 e. The maximum absolute atomic E-state index is 11.5. The van der Waals surface area contributed by atoms with Crippen LogP contribution in [0.4, 0.5) is 9.59 Å². The van der Waals surface area contributed by atoms with Gasteiger partial charge in [-0.2, -0.15) is 4.58 Å². The summed E-state index contributed by atoms with van der Waals surface area (Å²) < 4.78 is 1.13. The molecule has 7 nitrogen and oxygen atoms in total. The molecule has 0 aliphatic carbocycles. The van der Waals surface area contributed by atoms with Crippen LogP contribution < -0.4 is 10.6 Å². The third-order valence-corrected chi connectivity index (χ3v) is 2.80. The molecule has 15 heavy (non-hydrogen) atoms. The Balaban J connectivity index is 2.61. The van der Waals surface area contributed by atoms with Gasteiger partial charge in [0.1, 0.15) is 0 Å². The Morgan fingerprint density at radius 3 is 2.60 bits per heavy atom. The van der Waals surface area contributed by atoms with Gasteiger partial charge < -0.3 is 0 Å². The van der Waals surface area contributed by atoms with Crippen LogP contribution in [0.1, 0.15) is 0 Å². The number of urea groups is 2. The molecule has 2 rings (SSSR count). The number of hydrogen-bond acceptors (Lipinski definition) is 3. The highest BCUT2D eigenvalue weighted by Crippen LogP contribution is 2.24. The molecule has 2 heterocycles. The molecule has 0 aromatic rings. The number of amides is 5. The monoisotopic (exact) mass is 231 g/mol. The van der Waals surface area contributed by atoms with E-state index in [9.17, 15) is 14.4 Å². The maximum Gasteiger partial charge on any atom is 0.438 e. The van der Waals surface area contributed by atoms with E-state index in [1.807, 2.05) is 5.32 Å². The van der Waals surface area contributed by atoms with Crippen molar-refractivity contribution in [3.63, 3.8) is 0 Å². The van der Waals surface area contributed by atoms with Gasteiger partial charge in [0.2, 0.25) is 0 Å². The van der Waals surface area contributed by atoms with Crippen molar-refractivity contribution in [3.8, 4) is 0 Å². The number of amidine groups is 1. The van der Waals surface area contributed by atoms with Crippen LogP contribution in [0.3, 0.4) is 0 Å². The van der Waals surface area contributed by atoms with Crippen LogP contribution >= 0.6 is 11.6 Å². The van der Waals surface area contributed by atoms with Crippen LogP contribution in [0.5, 0.6) is 0 Å². The molecule has 1 atom stereocenters. The van der Waals surface area contributed by atoms with Gasteiger partial charge in [0, 0.05) is 0 Å². The highest BCUT2D eigenvalue weighted by molar-refractivity contribution is 6.50. The Labute approximate surface area is 89.7 Å². The minimum atomic E-state index is -1.69. The van der Waals surface area contributed by atoms with E-state index in [0.29, 0.717) is 0 Å². The number of hydrogen-bond donors (Lipinski definition) is 2. The fourth-order valence-corrected chi connectivity index (χ4v) is 1.97. The summed E-state index contributed by atoms with van der Waals surface area (Å²) in [6, 6.07) is -1.15. The minimum Gasteiger partial charge on any atom is -0.268 e. The first-order valence-electron chi connectivity index (χ1n) is 4.09. The van der Waals surface area contributed by atoms with Crippen LogP contribution in [-0.2, 0) is 4.79 Å². The Morgan fingerprint density at radius 2 is 2.00 bits per heavy atom. The number of halogens is 1. The lowest BCUT2D eigenvalue weighted by Gasteiger charge is -2.26. The first kappa shape index (κ1) is 9.91. The van der Waals surface area contributed by atoms with Crippen LogP contribution in [0.2, 0.25) is 0 Å². The van der Waals surface area contributed by atoms with E-state index in [2.05, 4.69) is 5.32 Å². The SMILES string of the molecule is CN1C(=O)NC(=O)C2(Cl)NC(=O)[N+](C)=C12. The third-order valence-electron chi connectivity index (χ3n) is 2.37. The fraction of sp³-hybridized carbons (Fsp3) is 0.429. The molecule has 1 unspecified atom stereocenters. The van der Waals surface area contributed by atoms with Crippen molar-refractivity contribution >= 4 is 35.4 Å². The van der Waals surface area contributed by atoms with Crippen molar-refractivity contribution in [1.29, 1.82) is 0 Å². The summed E-state index contributed by atoms with van der Waals surface area (Å²) >= 11 is 5.96. The molecule has 2 aliphatic heterocycles. The van der Waals surface area contributed by atoms with Crippen LogP contribution in [0, 0.1) is 0 Å². The van der Waals surface area contributed by atoms with E-state index in [0.717, 1.165) is 9.48 Å². The highest BCUT2D eigenvalue weighted by atomic mass is 35.5. The zero-order chi connectivity index (χ0) is 11.4. The highest BCUT2D eigenvalue weighted by Gasteiger charge is 2.62. The number of nitrogens with zero attached hydrogens (tertiary/aromatic N) is 2. The molecule has 1 fully saturated rings. The van der Waals surface area contributed by atoms with Crippen LogP contribution in [0.25, 0.3) is 0 Å². The molecule has 0 aromatic carbocycles. The van der Waals surface area contributed by atoms with Crippen LogP contribution in [0.15, 0.2) is 0 Å². The van der Waals surface area contributed by atoms with E-state index in [1.165, 1.54) is 14.1 Å². The average molecular weight is 232 g/mol. The second kappa shape index (κ2) is 2.69. The quantitative estimate of drug-likeness (QED) is 0.314. The Morgan fingerprint density at radius 1 is 1.40 bits per heavy atom. The van der Waals surface area contributed by atoms with Crippen molar-refractivity contribution in [2.75, 3.05) is 14.1 Å². The van der Waals surface area contributed by atoms with Gasteiger partial charge in [0.25, 0.3) is 11.7 Å². The standard InChI is InChI=1S/C7H7ClN4O3/c1-11-4-7(8,3(13)9-5(11)14)10-6(15)12(4)2/h1-2H3,(H-,9,10,13,14,15)/p+1. The van der Waals surface area contributed by atoms with Gasteiger partial charge in [-0.3, -0.25) is 10.1 Å². The van der Waals surface area contributed by atoms with E-state index >= 15 is 0 Å². The van der Waals surface area contributed by atoms with E-state index in [1.54, 1.807) is 0 Å². The van der Waals surface area contributed by atoms with Crippen molar-refractivity contribution in [1.82, 2.24) is 15.5 Å². The molecular weight excluding hydrogens is 224 g/mol. The van der Waals surface area contributed by atoms with Gasteiger partial charge in [-0.05, 0) is 0 Å². The number of alkyl halides is 1. The maximum atomic E-state index is 11.5. The first-order valence-corrected chi connectivity index (χ1v) is 4.47. The zero-order valence-corrected chi connectivity index (χ0v) is 8.75. The molecule has 0 radical (unpaired) electrons. The van der Waals surface area contributed by atoms with E-state index < -0.39 is 23.0 Å². The molecule has 1 saturated heterocycles. The number of carbonyl (C=O) groups is 3. The Hall–Kier alpha value is -1.63. The second-order valence-corrected chi connectivity index (χ2v) is 3.86. The number of imide groups is 1. The van der Waals surface area contributed by atoms with Crippen molar-refractivity contribution in [2.24, 2.45) is 0 Å². The molecule has 5 amide bonds. The zero-order valence-electron chi connectivity index (χ0n) is 8.00. The molecule has 0 bridgehead atoms. The molecule has 80 valence electrons. The van der Waals surface area contributed by atoms with Crippen molar-refractivity contribution in [2.45, 2.75) is 5.00 Å². The topological polar surface area (TPSA) is 81.5 Å². The molecular formula is C7H8ClN4O3+. The second-order valence-electron chi connectivity index (χ2n) is 3.29. The Bertz CT molecular complexity index is 432. The van der Waals surface area contributed by atoms with Gasteiger partial charge in [-0.15, -0.1) is 0 Å². The molecule has 2 aliphatic rings. The molecule has 8 heteroatoms. The lowest BCUT2D eigenvalue weighted by molar-refractivity contribution is -0.392. The third kappa shape index (κ3) is 1.06. The summed E-state index contributed by atoms with van der Waals surface area (Å²) in [6.07, 6.45) is 0. The van der Waals surface area contributed by atoms with Gasteiger partial charge >= 0.3 is 17.1 Å². The lowest BCUT2D eigenvalue weighted by atomic mass is 10.2. The van der Waals surface area contributed by atoms with E-state index in [4.69, 9.17) is 11.6 Å². The molecule has 0 saturated carbocycles. The first-order chi connectivity index (χ1) is 6.88. The number of nitrogens with one attached hydrogen (secondary N) is 2. The predicted molar refractivity (Wildman–Crippen MR) is 49.6 cm³/mol. The number of carbonyl (C=O) groups excluding carboxylic acids is 3. The van der Waals surface area contributed by atoms with Gasteiger partial charge in [-0.25, -0.2) is 19.8 Å². The Kier molecular flexibility index (Phi) is 1.78. The number of fused-ring (bicyclic) bond motifs is 1. The summed E-state index contributed by atoms with van der Waals surface area (Å²) in [7, 11) is 2.85. The number of likely N-dealkylation sites (N-methyl/N-ethyl adjacent to an activating group) is 1. The number of rotatable bonds is 0. The van der Waals surface area contributed by atoms with Crippen molar-refractivity contribution in [3.05, 3.63) is 0 Å². The predicted octanol–water partition coefficient (Wildman–Crippen LogP) is -1.13. The summed E-state index contributed by atoms with van der Waals surface area (Å²) in [5.74, 6) is -0.636. The summed E-state index contributed by atoms with van der Waals surface area (Å²) in [5.41, 5.74) is 0. The normalized spacial score (nSPS) is 30.3. The van der Waals surface area contributed by atoms with Gasteiger partial charge in [0.15, 0.2) is 0 Å². The minimum absolute atomic E-state index is 0.114. The molecule has 2 N–H and O–H groups in total. The lowest BCUT2D eigenvalue weighted by Crippen LogP contribution is -2.67. The van der Waals surface area contributed by atoms with Gasteiger partial charge in [0.05, 0.1) is 14.1 Å². The molecule has 0 spiro atoms. The summed E-state index contributed by atoms with van der Waals surface area (Å²) in [4.78, 5) is 33.5. The summed E-state index contributed by atoms with van der Waals surface area (Å²) in [5, 5.41) is 4.33. The van der Waals surface area contributed by atoms with Gasteiger partial charge in [-0.1, -0.05) is 11.6 Å². The molecule has 0 aromatic heterocycles. The van der Waals surface area contributed by atoms with Crippen molar-refractivity contribution < 1.29 is 19.0 Å². The fourth-order valence-electron chi connectivity index (χ4n) is 1.59. The average Bonchev–Trinajstić information content (AvgIpc) is 2.37. The summed E-state index contributed by atoms with van der Waals surface area (Å²) in [6.45, 7) is 0. The largest absolute Gasteiger partial charge is 0.438 e. The van der Waals surface area contributed by atoms with E-state index in [-0.39, 0.29) is 5.84 Å².